The molecular weight excluding hydrogens is 220 g/mol. The molecule has 0 aromatic heterocycles. The molecule has 5 nitrogen and oxygen atoms in total. The highest BCUT2D eigenvalue weighted by Gasteiger charge is 2.17. The van der Waals surface area contributed by atoms with Crippen LogP contribution in [0.3, 0.4) is 0 Å². The fourth-order valence-corrected chi connectivity index (χ4v) is 1.76. The Balaban J connectivity index is 4.15. The molecule has 1 amide bonds. The van der Waals surface area contributed by atoms with Crippen LogP contribution >= 0.6 is 0 Å². The van der Waals surface area contributed by atoms with E-state index in [1.54, 1.807) is 0 Å². The van der Waals surface area contributed by atoms with E-state index in [2.05, 4.69) is 17.0 Å². The Labute approximate surface area is 103 Å². The van der Waals surface area contributed by atoms with Crippen LogP contribution in [0.5, 0.6) is 0 Å². The van der Waals surface area contributed by atoms with Gasteiger partial charge in [-0.2, -0.15) is 0 Å². The van der Waals surface area contributed by atoms with Gasteiger partial charge >= 0.3 is 5.97 Å². The van der Waals surface area contributed by atoms with Crippen LogP contribution in [0.4, 0.5) is 0 Å². The van der Waals surface area contributed by atoms with Gasteiger partial charge in [-0.3, -0.25) is 9.59 Å². The first-order valence-corrected chi connectivity index (χ1v) is 6.14. The predicted molar refractivity (Wildman–Crippen MR) is 66.3 cm³/mol. The second-order valence-electron chi connectivity index (χ2n) is 4.21. The second-order valence-corrected chi connectivity index (χ2v) is 4.21. The van der Waals surface area contributed by atoms with Crippen molar-refractivity contribution in [3.05, 3.63) is 0 Å². The minimum absolute atomic E-state index is 0.195. The molecule has 0 heterocycles. The Kier molecular flexibility index (Phi) is 8.40. The molecule has 0 saturated heterocycles. The van der Waals surface area contributed by atoms with Crippen molar-refractivity contribution in [2.75, 3.05) is 13.7 Å². The minimum Gasteiger partial charge on any atom is -0.469 e. The van der Waals surface area contributed by atoms with Gasteiger partial charge in [0.2, 0.25) is 5.91 Å². The largest absolute Gasteiger partial charge is 0.469 e. The van der Waals surface area contributed by atoms with Crippen molar-refractivity contribution < 1.29 is 14.3 Å². The van der Waals surface area contributed by atoms with Gasteiger partial charge in [0.15, 0.2) is 0 Å². The number of hydrogen-bond donors (Lipinski definition) is 2. The van der Waals surface area contributed by atoms with E-state index in [9.17, 15) is 9.59 Å². The summed E-state index contributed by atoms with van der Waals surface area (Å²) in [4.78, 5) is 22.3. The maximum atomic E-state index is 11.2. The van der Waals surface area contributed by atoms with Gasteiger partial charge in [0.05, 0.1) is 13.2 Å². The third kappa shape index (κ3) is 6.94. The highest BCUT2D eigenvalue weighted by atomic mass is 16.5. The summed E-state index contributed by atoms with van der Waals surface area (Å²) in [7, 11) is 1.39. The molecule has 5 heteroatoms. The highest BCUT2D eigenvalue weighted by Crippen LogP contribution is 2.11. The van der Waals surface area contributed by atoms with Gasteiger partial charge in [0.25, 0.3) is 0 Å². The van der Waals surface area contributed by atoms with Crippen LogP contribution in [0.25, 0.3) is 0 Å². The molecule has 0 saturated carbocycles. The first-order valence-electron chi connectivity index (χ1n) is 6.14. The molecule has 0 aliphatic heterocycles. The smallest absolute Gasteiger partial charge is 0.305 e. The first-order chi connectivity index (χ1) is 8.04. The summed E-state index contributed by atoms with van der Waals surface area (Å²) in [5.41, 5.74) is 5.24. The van der Waals surface area contributed by atoms with E-state index in [1.165, 1.54) is 7.11 Å². The van der Waals surface area contributed by atoms with Crippen molar-refractivity contribution in [1.82, 2.24) is 5.32 Å². The number of amides is 1. The summed E-state index contributed by atoms with van der Waals surface area (Å²) in [5.74, 6) is -0.362. The van der Waals surface area contributed by atoms with Crippen molar-refractivity contribution in [3.8, 4) is 0 Å². The number of hydrogen-bond acceptors (Lipinski definition) is 4. The van der Waals surface area contributed by atoms with Gasteiger partial charge in [-0.1, -0.05) is 20.3 Å². The van der Waals surface area contributed by atoms with Gasteiger partial charge in [0.1, 0.15) is 0 Å². The van der Waals surface area contributed by atoms with E-state index >= 15 is 0 Å². The van der Waals surface area contributed by atoms with Gasteiger partial charge < -0.3 is 15.8 Å². The zero-order valence-corrected chi connectivity index (χ0v) is 11.0. The second kappa shape index (κ2) is 8.98. The SMILES string of the molecule is CCC[C@@H](CN[C@@H](CC)C(N)=O)CC(=O)OC. The molecule has 2 atom stereocenters. The van der Waals surface area contributed by atoms with Crippen LogP contribution in [-0.4, -0.2) is 31.6 Å². The number of primary amides is 1. The van der Waals surface area contributed by atoms with Gasteiger partial charge in [-0.25, -0.2) is 0 Å². The van der Waals surface area contributed by atoms with E-state index in [4.69, 9.17) is 5.73 Å². The lowest BCUT2D eigenvalue weighted by Gasteiger charge is -2.19. The quantitative estimate of drug-likeness (QED) is 0.588. The zero-order valence-electron chi connectivity index (χ0n) is 11.0. The van der Waals surface area contributed by atoms with Crippen LogP contribution in [0, 0.1) is 5.92 Å². The predicted octanol–water partition coefficient (Wildman–Crippen LogP) is 0.819. The molecule has 0 bridgehead atoms. The monoisotopic (exact) mass is 244 g/mol. The molecule has 0 rings (SSSR count). The van der Waals surface area contributed by atoms with E-state index < -0.39 is 0 Å². The first kappa shape index (κ1) is 15.9. The molecule has 17 heavy (non-hydrogen) atoms. The number of carbonyl (C=O) groups is 2. The molecule has 0 aromatic carbocycles. The highest BCUT2D eigenvalue weighted by molar-refractivity contribution is 5.79. The van der Waals surface area contributed by atoms with Crippen molar-refractivity contribution in [1.29, 1.82) is 0 Å². The summed E-state index contributed by atoms with van der Waals surface area (Å²) < 4.78 is 4.65. The van der Waals surface area contributed by atoms with Crippen molar-refractivity contribution >= 4 is 11.9 Å². The van der Waals surface area contributed by atoms with Crippen LogP contribution in [0.2, 0.25) is 0 Å². The molecule has 0 aliphatic carbocycles. The maximum absolute atomic E-state index is 11.2. The molecule has 3 N–H and O–H groups in total. The molecule has 0 unspecified atom stereocenters. The molecular formula is C12H24N2O3. The van der Waals surface area contributed by atoms with Crippen LogP contribution in [0.1, 0.15) is 39.5 Å². The maximum Gasteiger partial charge on any atom is 0.305 e. The van der Waals surface area contributed by atoms with E-state index in [1.807, 2.05) is 6.92 Å². The summed E-state index contributed by atoms with van der Waals surface area (Å²) in [6, 6.07) is -0.313. The Morgan fingerprint density at radius 3 is 2.41 bits per heavy atom. The fourth-order valence-electron chi connectivity index (χ4n) is 1.76. The Morgan fingerprint density at radius 2 is 2.00 bits per heavy atom. The Bertz CT molecular complexity index is 244. The van der Waals surface area contributed by atoms with Crippen molar-refractivity contribution in [2.45, 2.75) is 45.6 Å². The average Bonchev–Trinajstić information content (AvgIpc) is 2.29. The topological polar surface area (TPSA) is 81.4 Å². The van der Waals surface area contributed by atoms with Crippen molar-refractivity contribution in [2.24, 2.45) is 11.7 Å². The molecule has 0 radical (unpaired) electrons. The Morgan fingerprint density at radius 1 is 1.35 bits per heavy atom. The van der Waals surface area contributed by atoms with Gasteiger partial charge in [-0.05, 0) is 25.3 Å². The lowest BCUT2D eigenvalue weighted by Crippen LogP contribution is -2.43. The number of methoxy groups -OCH3 is 1. The van der Waals surface area contributed by atoms with Crippen LogP contribution < -0.4 is 11.1 Å². The van der Waals surface area contributed by atoms with Crippen molar-refractivity contribution in [3.63, 3.8) is 0 Å². The molecule has 100 valence electrons. The fraction of sp³-hybridized carbons (Fsp3) is 0.833. The molecule has 0 aromatic rings. The number of nitrogens with one attached hydrogen (secondary N) is 1. The lowest BCUT2D eigenvalue weighted by atomic mass is 9.99. The number of rotatable bonds is 9. The molecule has 0 fully saturated rings. The van der Waals surface area contributed by atoms with E-state index in [0.29, 0.717) is 19.4 Å². The van der Waals surface area contributed by atoms with E-state index in [0.717, 1.165) is 12.8 Å². The summed E-state index contributed by atoms with van der Waals surface area (Å²) >= 11 is 0. The zero-order chi connectivity index (χ0) is 13.3. The van der Waals surface area contributed by atoms with Gasteiger partial charge in [0, 0.05) is 6.42 Å². The molecule has 0 spiro atoms. The number of esters is 1. The third-order valence-corrected chi connectivity index (χ3v) is 2.78. The normalized spacial score (nSPS) is 14.1. The Hall–Kier alpha value is -1.10. The van der Waals surface area contributed by atoms with E-state index in [-0.39, 0.29) is 23.8 Å². The minimum atomic E-state index is -0.346. The van der Waals surface area contributed by atoms with Crippen LogP contribution in [0.15, 0.2) is 0 Å². The average molecular weight is 244 g/mol. The lowest BCUT2D eigenvalue weighted by molar-refractivity contribution is -0.141. The van der Waals surface area contributed by atoms with Crippen LogP contribution in [-0.2, 0) is 14.3 Å². The number of ether oxygens (including phenoxy) is 1. The van der Waals surface area contributed by atoms with Gasteiger partial charge in [-0.15, -0.1) is 0 Å². The summed E-state index contributed by atoms with van der Waals surface area (Å²) in [5, 5.41) is 3.10. The summed E-state index contributed by atoms with van der Waals surface area (Å²) in [6.45, 7) is 4.58. The molecule has 0 aliphatic rings. The summed E-state index contributed by atoms with van der Waals surface area (Å²) in [6.07, 6.45) is 2.97. The number of carbonyl (C=O) groups excluding carboxylic acids is 2. The number of nitrogens with two attached hydrogens (primary N) is 1. The third-order valence-electron chi connectivity index (χ3n) is 2.78. The standard InChI is InChI=1S/C12H24N2O3/c1-4-6-9(7-11(15)17-3)8-14-10(5-2)12(13)16/h9-10,14H,4-8H2,1-3H3,(H2,13,16)/t9-,10+/m1/s1.